The summed E-state index contributed by atoms with van der Waals surface area (Å²) < 4.78 is 5.24. The van der Waals surface area contributed by atoms with Crippen molar-refractivity contribution in [1.29, 1.82) is 0 Å². The molecule has 0 bridgehead atoms. The zero-order chi connectivity index (χ0) is 14.0. The largest absolute Gasteiger partial charge is 0.439 e. The van der Waals surface area contributed by atoms with Crippen molar-refractivity contribution < 1.29 is 19.4 Å². The van der Waals surface area contributed by atoms with Crippen LogP contribution in [0.15, 0.2) is 30.3 Å². The first-order chi connectivity index (χ1) is 9.06. The van der Waals surface area contributed by atoms with Crippen LogP contribution in [0.2, 0.25) is 0 Å². The van der Waals surface area contributed by atoms with Crippen molar-refractivity contribution in [2.45, 2.75) is 38.5 Å². The summed E-state index contributed by atoms with van der Waals surface area (Å²) in [6.07, 6.45) is -2.07. The lowest BCUT2D eigenvalue weighted by atomic mass is 10.0. The quantitative estimate of drug-likeness (QED) is 0.904. The molecule has 0 radical (unpaired) electrons. The van der Waals surface area contributed by atoms with Gasteiger partial charge in [-0.15, -0.1) is 0 Å². The molecule has 5 heteroatoms. The molecule has 1 saturated heterocycles. The van der Waals surface area contributed by atoms with Gasteiger partial charge in [0.1, 0.15) is 12.2 Å². The molecule has 1 aromatic rings. The molecule has 1 aromatic carbocycles. The SMILES string of the molecule is CC[C@@H](O)C(=O)N1C(=O)O[C@@H](c2ccccc2)[C@H]1C. The van der Waals surface area contributed by atoms with E-state index >= 15 is 0 Å². The van der Waals surface area contributed by atoms with E-state index in [1.807, 2.05) is 30.3 Å². The Labute approximate surface area is 111 Å². The van der Waals surface area contributed by atoms with Crippen molar-refractivity contribution in [2.75, 3.05) is 0 Å². The molecule has 1 aliphatic rings. The average molecular weight is 263 g/mol. The predicted molar refractivity (Wildman–Crippen MR) is 68.3 cm³/mol. The number of aliphatic hydroxyl groups excluding tert-OH is 1. The van der Waals surface area contributed by atoms with E-state index in [9.17, 15) is 14.7 Å². The molecule has 1 N–H and O–H groups in total. The highest BCUT2D eigenvalue weighted by molar-refractivity contribution is 5.96. The first-order valence-corrected chi connectivity index (χ1v) is 6.33. The van der Waals surface area contributed by atoms with Crippen LogP contribution < -0.4 is 0 Å². The van der Waals surface area contributed by atoms with Gasteiger partial charge in [0.05, 0.1) is 6.04 Å². The second-order valence-corrected chi connectivity index (χ2v) is 4.59. The lowest BCUT2D eigenvalue weighted by molar-refractivity contribution is -0.138. The molecule has 0 aliphatic carbocycles. The van der Waals surface area contributed by atoms with Gasteiger partial charge >= 0.3 is 6.09 Å². The van der Waals surface area contributed by atoms with Crippen LogP contribution >= 0.6 is 0 Å². The van der Waals surface area contributed by atoms with E-state index in [2.05, 4.69) is 0 Å². The zero-order valence-electron chi connectivity index (χ0n) is 10.9. The number of benzene rings is 1. The summed E-state index contributed by atoms with van der Waals surface area (Å²) in [5, 5.41) is 9.58. The van der Waals surface area contributed by atoms with E-state index in [-0.39, 0.29) is 6.42 Å². The number of hydrogen-bond donors (Lipinski definition) is 1. The Bertz CT molecular complexity index is 474. The first kappa shape index (κ1) is 13.5. The maximum Gasteiger partial charge on any atom is 0.417 e. The highest BCUT2D eigenvalue weighted by Gasteiger charge is 2.44. The van der Waals surface area contributed by atoms with Crippen LogP contribution in [0.25, 0.3) is 0 Å². The van der Waals surface area contributed by atoms with E-state index in [0.29, 0.717) is 0 Å². The van der Waals surface area contributed by atoms with Gasteiger partial charge in [0, 0.05) is 0 Å². The highest BCUT2D eigenvalue weighted by Crippen LogP contribution is 2.32. The fraction of sp³-hybridized carbons (Fsp3) is 0.429. The van der Waals surface area contributed by atoms with Crippen LogP contribution in [0.3, 0.4) is 0 Å². The van der Waals surface area contributed by atoms with Gasteiger partial charge in [-0.05, 0) is 18.9 Å². The fourth-order valence-electron chi connectivity index (χ4n) is 2.18. The molecule has 0 spiro atoms. The summed E-state index contributed by atoms with van der Waals surface area (Å²) in [6.45, 7) is 3.42. The molecular weight excluding hydrogens is 246 g/mol. The van der Waals surface area contributed by atoms with Crippen LogP contribution in [0.5, 0.6) is 0 Å². The number of rotatable bonds is 3. The summed E-state index contributed by atoms with van der Waals surface area (Å²) in [4.78, 5) is 24.8. The fourth-order valence-corrected chi connectivity index (χ4v) is 2.18. The second-order valence-electron chi connectivity index (χ2n) is 4.59. The molecular formula is C14H17NO4. The van der Waals surface area contributed by atoms with Crippen LogP contribution in [-0.4, -0.2) is 34.2 Å². The first-order valence-electron chi connectivity index (χ1n) is 6.33. The number of cyclic esters (lactones) is 1. The molecule has 1 heterocycles. The Morgan fingerprint density at radius 1 is 1.42 bits per heavy atom. The van der Waals surface area contributed by atoms with Gasteiger partial charge < -0.3 is 9.84 Å². The Morgan fingerprint density at radius 3 is 2.63 bits per heavy atom. The summed E-state index contributed by atoms with van der Waals surface area (Å²) >= 11 is 0. The summed E-state index contributed by atoms with van der Waals surface area (Å²) in [7, 11) is 0. The van der Waals surface area contributed by atoms with Crippen molar-refractivity contribution in [2.24, 2.45) is 0 Å². The van der Waals surface area contributed by atoms with E-state index in [1.165, 1.54) is 0 Å². The predicted octanol–water partition coefficient (Wildman–Crippen LogP) is 1.87. The molecule has 0 saturated carbocycles. The number of imide groups is 1. The average Bonchev–Trinajstić information content (AvgIpc) is 2.73. The van der Waals surface area contributed by atoms with E-state index in [4.69, 9.17) is 4.74 Å². The van der Waals surface area contributed by atoms with Crippen LogP contribution in [0.1, 0.15) is 31.9 Å². The van der Waals surface area contributed by atoms with Gasteiger partial charge in [-0.25, -0.2) is 9.69 Å². The Hall–Kier alpha value is -1.88. The standard InChI is InChI=1S/C14H17NO4/c1-3-11(16)13(17)15-9(2)12(19-14(15)18)10-7-5-4-6-8-10/h4-9,11-12,16H,3H2,1-2H3/t9-,11-,12-/m1/s1. The number of aliphatic hydroxyl groups is 1. The molecule has 0 unspecified atom stereocenters. The van der Waals surface area contributed by atoms with Crippen LogP contribution in [-0.2, 0) is 9.53 Å². The Balaban J connectivity index is 2.22. The highest BCUT2D eigenvalue weighted by atomic mass is 16.6. The van der Waals surface area contributed by atoms with E-state index in [1.54, 1.807) is 13.8 Å². The van der Waals surface area contributed by atoms with Crippen molar-refractivity contribution >= 4 is 12.0 Å². The van der Waals surface area contributed by atoms with E-state index in [0.717, 1.165) is 10.5 Å². The molecule has 0 aromatic heterocycles. The lowest BCUT2D eigenvalue weighted by Gasteiger charge is -2.21. The molecule has 3 atom stereocenters. The van der Waals surface area contributed by atoms with Crippen molar-refractivity contribution in [3.05, 3.63) is 35.9 Å². The Morgan fingerprint density at radius 2 is 2.05 bits per heavy atom. The van der Waals surface area contributed by atoms with Gasteiger partial charge in [-0.2, -0.15) is 0 Å². The molecule has 1 aliphatic heterocycles. The smallest absolute Gasteiger partial charge is 0.417 e. The van der Waals surface area contributed by atoms with Gasteiger partial charge in [-0.3, -0.25) is 4.79 Å². The van der Waals surface area contributed by atoms with Crippen LogP contribution in [0, 0.1) is 0 Å². The monoisotopic (exact) mass is 263 g/mol. The van der Waals surface area contributed by atoms with Crippen LogP contribution in [0.4, 0.5) is 4.79 Å². The van der Waals surface area contributed by atoms with Gasteiger partial charge in [0.2, 0.25) is 0 Å². The minimum atomic E-state index is -1.16. The molecule has 5 nitrogen and oxygen atoms in total. The summed E-state index contributed by atoms with van der Waals surface area (Å²) in [5.41, 5.74) is 0.838. The normalized spacial score (nSPS) is 24.2. The maximum absolute atomic E-state index is 11.9. The third-order valence-corrected chi connectivity index (χ3v) is 3.31. The molecule has 19 heavy (non-hydrogen) atoms. The number of carbonyl (C=O) groups is 2. The van der Waals surface area contributed by atoms with Crippen molar-refractivity contribution in [3.63, 3.8) is 0 Å². The second kappa shape index (κ2) is 5.40. The Kier molecular flexibility index (Phi) is 3.85. The number of nitrogens with zero attached hydrogens (tertiary/aromatic N) is 1. The third-order valence-electron chi connectivity index (χ3n) is 3.31. The van der Waals surface area contributed by atoms with E-state index < -0.39 is 30.3 Å². The third kappa shape index (κ3) is 2.46. The molecule has 1 fully saturated rings. The van der Waals surface area contributed by atoms with Crippen molar-refractivity contribution in [3.8, 4) is 0 Å². The topological polar surface area (TPSA) is 66.8 Å². The lowest BCUT2D eigenvalue weighted by Crippen LogP contribution is -2.43. The molecule has 2 amide bonds. The molecule has 102 valence electrons. The number of carbonyl (C=O) groups excluding carboxylic acids is 2. The van der Waals surface area contributed by atoms with Gasteiger partial charge in [0.15, 0.2) is 0 Å². The summed E-state index contributed by atoms with van der Waals surface area (Å²) in [6, 6.07) is 8.83. The van der Waals surface area contributed by atoms with Gasteiger partial charge in [0.25, 0.3) is 5.91 Å². The van der Waals surface area contributed by atoms with Gasteiger partial charge in [-0.1, -0.05) is 37.3 Å². The van der Waals surface area contributed by atoms with Crippen molar-refractivity contribution in [1.82, 2.24) is 4.90 Å². The number of amides is 2. The molecule has 2 rings (SSSR count). The number of ether oxygens (including phenoxy) is 1. The number of hydrogen-bond acceptors (Lipinski definition) is 4. The minimum absolute atomic E-state index is 0.269. The maximum atomic E-state index is 11.9. The minimum Gasteiger partial charge on any atom is -0.439 e. The zero-order valence-corrected chi connectivity index (χ0v) is 10.9. The summed E-state index contributed by atoms with van der Waals surface area (Å²) in [5.74, 6) is -0.599.